The number of aryl methyl sites for hydroxylation is 1. The average molecular weight is 300 g/mol. The van der Waals surface area contributed by atoms with Crippen molar-refractivity contribution in [3.63, 3.8) is 0 Å². The number of rotatable bonds is 5. The summed E-state index contributed by atoms with van der Waals surface area (Å²) in [6.07, 6.45) is 1.56. The number of thiophene rings is 1. The van der Waals surface area contributed by atoms with Crippen LogP contribution in [0, 0.1) is 6.92 Å². The van der Waals surface area contributed by atoms with Crippen LogP contribution in [0.25, 0.3) is 0 Å². The van der Waals surface area contributed by atoms with E-state index in [4.69, 9.17) is 10.2 Å². The molecule has 2 rings (SSSR count). The number of hydrogen-bond donors (Lipinski definition) is 1. The molecule has 0 aliphatic rings. The van der Waals surface area contributed by atoms with E-state index in [-0.39, 0.29) is 0 Å². The Morgan fingerprint density at radius 2 is 2.21 bits per heavy atom. The van der Waals surface area contributed by atoms with Gasteiger partial charge in [0.05, 0.1) is 6.26 Å². The van der Waals surface area contributed by atoms with E-state index >= 15 is 0 Å². The highest BCUT2D eigenvalue weighted by Gasteiger charge is 2.23. The first kappa shape index (κ1) is 14.3. The van der Waals surface area contributed by atoms with E-state index in [0.717, 1.165) is 16.9 Å². The summed E-state index contributed by atoms with van der Waals surface area (Å²) in [4.78, 5) is 0. The molecule has 2 aromatic heterocycles. The lowest BCUT2D eigenvalue weighted by atomic mass is 10.3. The summed E-state index contributed by atoms with van der Waals surface area (Å²) in [7, 11) is -1.91. The van der Waals surface area contributed by atoms with Crippen molar-refractivity contribution >= 4 is 21.4 Å². The molecule has 0 spiro atoms. The number of furan rings is 1. The van der Waals surface area contributed by atoms with Crippen LogP contribution < -0.4 is 5.73 Å². The molecule has 0 aromatic carbocycles. The minimum Gasteiger partial charge on any atom is -0.469 e. The normalized spacial score (nSPS) is 12.2. The standard InChI is InChI=1S/C12H16N2O3S2/c1-9-11(3-4-17-9)7-14(2)19(15,16)12-5-10(6-13)8-18-12/h3-5,8H,6-7,13H2,1-2H3. The maximum atomic E-state index is 12.4. The van der Waals surface area contributed by atoms with Gasteiger partial charge < -0.3 is 10.2 Å². The van der Waals surface area contributed by atoms with Crippen molar-refractivity contribution in [3.8, 4) is 0 Å². The number of nitrogens with two attached hydrogens (primary N) is 1. The summed E-state index contributed by atoms with van der Waals surface area (Å²) < 4.78 is 31.5. The van der Waals surface area contributed by atoms with Crippen LogP contribution in [0.5, 0.6) is 0 Å². The first-order valence-corrected chi connectivity index (χ1v) is 8.04. The van der Waals surface area contributed by atoms with Crippen LogP contribution in [0.4, 0.5) is 0 Å². The van der Waals surface area contributed by atoms with Crippen LogP contribution in [-0.2, 0) is 23.1 Å². The molecule has 0 amide bonds. The molecule has 0 radical (unpaired) electrons. The van der Waals surface area contributed by atoms with Gasteiger partial charge in [0.25, 0.3) is 10.0 Å². The summed E-state index contributed by atoms with van der Waals surface area (Å²) in [6, 6.07) is 3.40. The molecular formula is C12H16N2O3S2. The van der Waals surface area contributed by atoms with Gasteiger partial charge in [0.1, 0.15) is 9.97 Å². The molecule has 0 aliphatic heterocycles. The monoisotopic (exact) mass is 300 g/mol. The highest BCUT2D eigenvalue weighted by molar-refractivity contribution is 7.91. The fourth-order valence-corrected chi connectivity index (χ4v) is 4.23. The van der Waals surface area contributed by atoms with Crippen molar-refractivity contribution in [1.82, 2.24) is 4.31 Å². The zero-order chi connectivity index (χ0) is 14.0. The van der Waals surface area contributed by atoms with E-state index in [2.05, 4.69) is 0 Å². The summed E-state index contributed by atoms with van der Waals surface area (Å²) >= 11 is 1.19. The lowest BCUT2D eigenvalue weighted by molar-refractivity contribution is 0.460. The second-order valence-corrected chi connectivity index (χ2v) is 7.42. The predicted octanol–water partition coefficient (Wildman–Crippen LogP) is 1.93. The van der Waals surface area contributed by atoms with Crippen LogP contribution in [-0.4, -0.2) is 19.8 Å². The third kappa shape index (κ3) is 2.89. The third-order valence-electron chi connectivity index (χ3n) is 2.89. The Bertz CT molecular complexity index is 658. The summed E-state index contributed by atoms with van der Waals surface area (Å²) in [5.74, 6) is 0.732. The molecular weight excluding hydrogens is 284 g/mol. The Kier molecular flexibility index (Phi) is 4.10. The SMILES string of the molecule is Cc1occc1CN(C)S(=O)(=O)c1cc(CN)cs1. The van der Waals surface area contributed by atoms with Crippen LogP contribution in [0.3, 0.4) is 0 Å². The van der Waals surface area contributed by atoms with E-state index < -0.39 is 10.0 Å². The molecule has 0 unspecified atom stereocenters. The van der Waals surface area contributed by atoms with Gasteiger partial charge in [0.15, 0.2) is 0 Å². The molecule has 2 aromatic rings. The van der Waals surface area contributed by atoms with Gasteiger partial charge >= 0.3 is 0 Å². The maximum absolute atomic E-state index is 12.4. The van der Waals surface area contributed by atoms with E-state index in [9.17, 15) is 8.42 Å². The highest BCUT2D eigenvalue weighted by atomic mass is 32.2. The molecule has 0 atom stereocenters. The van der Waals surface area contributed by atoms with Crippen LogP contribution in [0.15, 0.2) is 32.4 Å². The second-order valence-electron chi connectivity index (χ2n) is 4.24. The molecule has 0 bridgehead atoms. The van der Waals surface area contributed by atoms with Crippen molar-refractivity contribution in [2.75, 3.05) is 7.05 Å². The van der Waals surface area contributed by atoms with E-state index in [1.165, 1.54) is 15.6 Å². The van der Waals surface area contributed by atoms with Crippen LogP contribution >= 0.6 is 11.3 Å². The molecule has 2 heterocycles. The molecule has 104 valence electrons. The minimum absolute atomic E-state index is 0.292. The van der Waals surface area contributed by atoms with Gasteiger partial charge in [-0.15, -0.1) is 11.3 Å². The Morgan fingerprint density at radius 1 is 1.47 bits per heavy atom. The van der Waals surface area contributed by atoms with E-state index in [1.54, 1.807) is 30.8 Å². The Morgan fingerprint density at radius 3 is 2.74 bits per heavy atom. The maximum Gasteiger partial charge on any atom is 0.252 e. The Balaban J connectivity index is 2.22. The lowest BCUT2D eigenvalue weighted by Crippen LogP contribution is -2.25. The molecule has 0 aliphatic carbocycles. The molecule has 19 heavy (non-hydrogen) atoms. The Hall–Kier alpha value is -1.15. The Labute approximate surface area is 116 Å². The first-order valence-electron chi connectivity index (χ1n) is 5.72. The third-order valence-corrected chi connectivity index (χ3v) is 6.16. The molecule has 5 nitrogen and oxygen atoms in total. The van der Waals surface area contributed by atoms with E-state index in [1.807, 2.05) is 6.92 Å². The quantitative estimate of drug-likeness (QED) is 0.915. The molecule has 7 heteroatoms. The molecule has 2 N–H and O–H groups in total. The number of hydrogen-bond acceptors (Lipinski definition) is 5. The van der Waals surface area contributed by atoms with Gasteiger partial charge in [-0.05, 0) is 30.0 Å². The first-order chi connectivity index (χ1) is 8.95. The fourth-order valence-electron chi connectivity index (χ4n) is 1.65. The van der Waals surface area contributed by atoms with Gasteiger partial charge in [0, 0.05) is 25.7 Å². The topological polar surface area (TPSA) is 76.5 Å². The van der Waals surface area contributed by atoms with Crippen LogP contribution in [0.1, 0.15) is 16.9 Å². The zero-order valence-corrected chi connectivity index (χ0v) is 12.4. The highest BCUT2D eigenvalue weighted by Crippen LogP contribution is 2.24. The van der Waals surface area contributed by atoms with Crippen molar-refractivity contribution in [2.45, 2.75) is 24.2 Å². The van der Waals surface area contributed by atoms with Crippen molar-refractivity contribution in [1.29, 1.82) is 0 Å². The van der Waals surface area contributed by atoms with Gasteiger partial charge in [-0.25, -0.2) is 8.42 Å². The van der Waals surface area contributed by atoms with Crippen LogP contribution in [0.2, 0.25) is 0 Å². The van der Waals surface area contributed by atoms with Gasteiger partial charge in [-0.1, -0.05) is 0 Å². The zero-order valence-electron chi connectivity index (χ0n) is 10.8. The van der Waals surface area contributed by atoms with Crippen molar-refractivity contribution in [2.24, 2.45) is 5.73 Å². The average Bonchev–Trinajstić information content (AvgIpc) is 2.99. The summed E-state index contributed by atoms with van der Waals surface area (Å²) in [5, 5.41) is 1.77. The van der Waals surface area contributed by atoms with E-state index in [0.29, 0.717) is 17.3 Å². The van der Waals surface area contributed by atoms with Crippen molar-refractivity contribution < 1.29 is 12.8 Å². The summed E-state index contributed by atoms with van der Waals surface area (Å²) in [5.41, 5.74) is 7.19. The van der Waals surface area contributed by atoms with Gasteiger partial charge in [-0.2, -0.15) is 4.31 Å². The fraction of sp³-hybridized carbons (Fsp3) is 0.333. The number of sulfonamides is 1. The summed E-state index contributed by atoms with van der Waals surface area (Å²) in [6.45, 7) is 2.45. The predicted molar refractivity (Wildman–Crippen MR) is 74.3 cm³/mol. The molecule has 0 fully saturated rings. The smallest absolute Gasteiger partial charge is 0.252 e. The van der Waals surface area contributed by atoms with Crippen molar-refractivity contribution in [3.05, 3.63) is 40.7 Å². The van der Waals surface area contributed by atoms with Gasteiger partial charge in [-0.3, -0.25) is 0 Å². The second kappa shape index (κ2) is 5.46. The molecule has 0 saturated carbocycles. The largest absolute Gasteiger partial charge is 0.469 e. The number of nitrogens with zero attached hydrogens (tertiary/aromatic N) is 1. The lowest BCUT2D eigenvalue weighted by Gasteiger charge is -2.15. The molecule has 0 saturated heterocycles. The minimum atomic E-state index is -3.47. The van der Waals surface area contributed by atoms with Gasteiger partial charge in [0.2, 0.25) is 0 Å².